The van der Waals surface area contributed by atoms with Gasteiger partial charge >= 0.3 is 0 Å². The first-order valence-corrected chi connectivity index (χ1v) is 11.0. The average molecular weight is 486 g/mol. The van der Waals surface area contributed by atoms with Crippen molar-refractivity contribution in [2.45, 2.75) is 0 Å². The van der Waals surface area contributed by atoms with Crippen LogP contribution in [-0.4, -0.2) is 37.3 Å². The van der Waals surface area contributed by atoms with Gasteiger partial charge in [0.05, 0.1) is 17.6 Å². The fourth-order valence-corrected chi connectivity index (χ4v) is 3.43. The summed E-state index contributed by atoms with van der Waals surface area (Å²) < 4.78 is 1.03. The number of hydrogen-bond donors (Lipinski definition) is 0. The van der Waals surface area contributed by atoms with Crippen LogP contribution in [0.3, 0.4) is 0 Å². The average Bonchev–Trinajstić information content (AvgIpc) is 2.83. The van der Waals surface area contributed by atoms with Crippen LogP contribution in [0.4, 0.5) is 11.6 Å². The van der Waals surface area contributed by atoms with E-state index in [9.17, 15) is 0 Å². The molecule has 32 heavy (non-hydrogen) atoms. The van der Waals surface area contributed by atoms with Crippen molar-refractivity contribution in [1.29, 1.82) is 0 Å². The summed E-state index contributed by atoms with van der Waals surface area (Å²) in [7, 11) is 5.91. The Hall–Kier alpha value is -3.51. The van der Waals surface area contributed by atoms with E-state index in [0.29, 0.717) is 5.95 Å². The van der Waals surface area contributed by atoms with Gasteiger partial charge in [-0.3, -0.25) is 0 Å². The Morgan fingerprint density at radius 3 is 1.94 bits per heavy atom. The van der Waals surface area contributed by atoms with Crippen molar-refractivity contribution < 1.29 is 0 Å². The van der Waals surface area contributed by atoms with Crippen molar-refractivity contribution >= 4 is 33.8 Å². The van der Waals surface area contributed by atoms with Gasteiger partial charge in [0.15, 0.2) is 0 Å². The van der Waals surface area contributed by atoms with Gasteiger partial charge in [-0.05, 0) is 35.9 Å². The summed E-state index contributed by atoms with van der Waals surface area (Å²) in [6.45, 7) is 0. The number of benzene rings is 3. The maximum absolute atomic E-state index is 4.79. The Morgan fingerprint density at radius 2 is 1.34 bits per heavy atom. The highest BCUT2D eigenvalue weighted by Gasteiger charge is 2.11. The number of aromatic nitrogens is 2. The molecule has 0 N–H and O–H groups in total. The Balaban J connectivity index is 1.68. The van der Waals surface area contributed by atoms with E-state index in [1.807, 2.05) is 100 Å². The maximum atomic E-state index is 4.79. The molecule has 0 unspecified atom stereocenters. The fraction of sp³-hybridized carbons (Fsp3) is 0.115. The van der Waals surface area contributed by atoms with Crippen molar-refractivity contribution in [3.63, 3.8) is 0 Å². The normalized spacial score (nSPS) is 11.0. The van der Waals surface area contributed by atoms with Crippen molar-refractivity contribution in [3.8, 4) is 22.5 Å². The second kappa shape index (κ2) is 9.75. The summed E-state index contributed by atoms with van der Waals surface area (Å²) in [5.74, 6) is 0.533. The molecule has 0 saturated heterocycles. The minimum atomic E-state index is 0.533. The zero-order chi connectivity index (χ0) is 22.5. The number of nitrogens with zero attached hydrogens (tertiary/aromatic N) is 5. The molecular weight excluding hydrogens is 462 g/mol. The van der Waals surface area contributed by atoms with Gasteiger partial charge in [0.25, 0.3) is 0 Å². The molecule has 1 heterocycles. The number of rotatable bonds is 6. The van der Waals surface area contributed by atoms with Gasteiger partial charge in [0, 0.05) is 42.4 Å². The van der Waals surface area contributed by atoms with Crippen molar-refractivity contribution in [2.75, 3.05) is 31.1 Å². The van der Waals surface area contributed by atoms with Crippen molar-refractivity contribution in [1.82, 2.24) is 9.97 Å². The summed E-state index contributed by atoms with van der Waals surface area (Å²) in [5.41, 5.74) is 5.91. The molecule has 0 radical (unpaired) electrons. The smallest absolute Gasteiger partial charge is 0.247 e. The molecular formula is C26H24BrN5. The van der Waals surface area contributed by atoms with Crippen molar-refractivity contribution in [3.05, 3.63) is 95.0 Å². The molecule has 0 atom stereocenters. The minimum absolute atomic E-state index is 0.533. The standard InChI is InChI=1S/C26H24BrN5/c1-31(2)23-15-9-19(10-16-23)18-28-32(3)26-29-24(20-7-5-4-6-8-20)17-25(30-26)21-11-13-22(27)14-12-21/h4-18H,1-3H3/b28-18+. The SMILES string of the molecule is CN(C)c1ccc(/C=N/N(C)c2nc(-c3ccccc3)cc(-c3ccc(Br)cc3)n2)cc1. The highest BCUT2D eigenvalue weighted by molar-refractivity contribution is 9.10. The highest BCUT2D eigenvalue weighted by Crippen LogP contribution is 2.27. The van der Waals surface area contributed by atoms with E-state index in [-0.39, 0.29) is 0 Å². The summed E-state index contributed by atoms with van der Waals surface area (Å²) in [5, 5.41) is 6.29. The molecule has 4 aromatic rings. The highest BCUT2D eigenvalue weighted by atomic mass is 79.9. The number of hydrogen-bond acceptors (Lipinski definition) is 5. The maximum Gasteiger partial charge on any atom is 0.247 e. The Bertz CT molecular complexity index is 1200. The van der Waals surface area contributed by atoms with Gasteiger partial charge in [-0.25, -0.2) is 15.0 Å². The van der Waals surface area contributed by atoms with E-state index >= 15 is 0 Å². The lowest BCUT2D eigenvalue weighted by Crippen LogP contribution is -2.13. The van der Waals surface area contributed by atoms with Crippen LogP contribution in [-0.2, 0) is 0 Å². The van der Waals surface area contributed by atoms with Gasteiger partial charge in [-0.15, -0.1) is 0 Å². The van der Waals surface area contributed by atoms with E-state index in [1.165, 1.54) is 0 Å². The molecule has 0 spiro atoms. The molecule has 6 heteroatoms. The van der Waals surface area contributed by atoms with E-state index in [2.05, 4.69) is 38.1 Å². The first kappa shape index (κ1) is 21.7. The van der Waals surface area contributed by atoms with E-state index < -0.39 is 0 Å². The summed E-state index contributed by atoms with van der Waals surface area (Å²) in [6.07, 6.45) is 1.82. The molecule has 5 nitrogen and oxygen atoms in total. The third-order valence-electron chi connectivity index (χ3n) is 5.00. The molecule has 0 saturated carbocycles. The molecule has 0 aliphatic heterocycles. The zero-order valence-electron chi connectivity index (χ0n) is 18.3. The van der Waals surface area contributed by atoms with Gasteiger partial charge in [0.1, 0.15) is 0 Å². The predicted molar refractivity (Wildman–Crippen MR) is 137 cm³/mol. The fourth-order valence-electron chi connectivity index (χ4n) is 3.17. The lowest BCUT2D eigenvalue weighted by atomic mass is 10.1. The monoisotopic (exact) mass is 485 g/mol. The second-order valence-electron chi connectivity index (χ2n) is 7.57. The van der Waals surface area contributed by atoms with E-state index in [0.717, 1.165) is 38.2 Å². The molecule has 0 aliphatic carbocycles. The molecule has 0 fully saturated rings. The lowest BCUT2D eigenvalue weighted by molar-refractivity contribution is 0.938. The van der Waals surface area contributed by atoms with Gasteiger partial charge in [-0.1, -0.05) is 70.5 Å². The topological polar surface area (TPSA) is 44.6 Å². The predicted octanol–water partition coefficient (Wildman–Crippen LogP) is 6.11. The van der Waals surface area contributed by atoms with Gasteiger partial charge in [-0.2, -0.15) is 5.10 Å². The molecule has 1 aromatic heterocycles. The van der Waals surface area contributed by atoms with Crippen LogP contribution in [0.1, 0.15) is 5.56 Å². The third-order valence-corrected chi connectivity index (χ3v) is 5.53. The Labute approximate surface area is 197 Å². The quantitative estimate of drug-likeness (QED) is 0.244. The molecule has 0 amide bonds. The second-order valence-corrected chi connectivity index (χ2v) is 8.48. The van der Waals surface area contributed by atoms with E-state index in [4.69, 9.17) is 9.97 Å². The largest absolute Gasteiger partial charge is 0.378 e. The summed E-state index contributed by atoms with van der Waals surface area (Å²) in [4.78, 5) is 11.6. The minimum Gasteiger partial charge on any atom is -0.378 e. The van der Waals surface area contributed by atoms with Gasteiger partial charge in [0.2, 0.25) is 5.95 Å². The molecule has 4 rings (SSSR count). The summed E-state index contributed by atoms with van der Waals surface area (Å²) in [6, 6.07) is 28.5. The van der Waals surface area contributed by atoms with Crippen LogP contribution >= 0.6 is 15.9 Å². The summed E-state index contributed by atoms with van der Waals surface area (Å²) >= 11 is 3.50. The van der Waals surface area contributed by atoms with Gasteiger partial charge < -0.3 is 4.90 Å². The van der Waals surface area contributed by atoms with Crippen LogP contribution in [0.15, 0.2) is 94.5 Å². The molecule has 3 aromatic carbocycles. The Morgan fingerprint density at radius 1 is 0.750 bits per heavy atom. The zero-order valence-corrected chi connectivity index (χ0v) is 19.9. The third kappa shape index (κ3) is 5.21. The first-order chi connectivity index (χ1) is 15.5. The first-order valence-electron chi connectivity index (χ1n) is 10.2. The number of anilines is 2. The number of hydrazone groups is 1. The molecule has 0 aliphatic rings. The van der Waals surface area contributed by atoms with Crippen molar-refractivity contribution in [2.24, 2.45) is 5.10 Å². The van der Waals surface area contributed by atoms with Crippen LogP contribution in [0.5, 0.6) is 0 Å². The van der Waals surface area contributed by atoms with Crippen LogP contribution < -0.4 is 9.91 Å². The number of halogens is 1. The van der Waals surface area contributed by atoms with E-state index in [1.54, 1.807) is 5.01 Å². The molecule has 0 bridgehead atoms. The lowest BCUT2D eigenvalue weighted by Gasteiger charge is -2.15. The molecule has 160 valence electrons. The van der Waals surface area contributed by atoms with Crippen LogP contribution in [0.2, 0.25) is 0 Å². The van der Waals surface area contributed by atoms with Crippen LogP contribution in [0, 0.1) is 0 Å². The van der Waals surface area contributed by atoms with Crippen LogP contribution in [0.25, 0.3) is 22.5 Å². The Kier molecular flexibility index (Phi) is 6.61.